The molecule has 53 heavy (non-hydrogen) atoms. The maximum Gasteiger partial charge on any atom is 0.113 e. The second-order valence-corrected chi connectivity index (χ2v) is 20.3. The summed E-state index contributed by atoms with van der Waals surface area (Å²) in [5.74, 6) is 0. The smallest absolute Gasteiger partial charge is 0.113 e. The van der Waals surface area contributed by atoms with Gasteiger partial charge in [-0.2, -0.15) is 0 Å². The largest absolute Gasteiger partial charge is 0.309 e. The molecule has 0 aliphatic carbocycles. The highest BCUT2D eigenvalue weighted by molar-refractivity contribution is 7.26. The Bertz CT molecular complexity index is 2980. The molecular formula is C50H35NSSi. The Morgan fingerprint density at radius 1 is 0.396 bits per heavy atom. The van der Waals surface area contributed by atoms with Crippen LogP contribution in [-0.4, -0.2) is 12.6 Å². The van der Waals surface area contributed by atoms with Gasteiger partial charge in [0.05, 0.1) is 11.0 Å². The molecule has 0 saturated carbocycles. The van der Waals surface area contributed by atoms with Gasteiger partial charge in [0.15, 0.2) is 0 Å². The maximum atomic E-state index is 2.54. The van der Waals surface area contributed by atoms with Crippen LogP contribution in [0.1, 0.15) is 0 Å². The van der Waals surface area contributed by atoms with Gasteiger partial charge in [0.25, 0.3) is 0 Å². The molecule has 2 aromatic heterocycles. The third-order valence-corrected chi connectivity index (χ3v) is 16.4. The number of hydrogen-bond donors (Lipinski definition) is 0. The first-order valence-corrected chi connectivity index (χ1v) is 22.2. The summed E-state index contributed by atoms with van der Waals surface area (Å²) in [5, 5.41) is 8.30. The van der Waals surface area contributed by atoms with Crippen molar-refractivity contribution in [3.05, 3.63) is 176 Å². The van der Waals surface area contributed by atoms with Gasteiger partial charge in [-0.25, -0.2) is 0 Å². The van der Waals surface area contributed by atoms with Crippen LogP contribution in [0.15, 0.2) is 176 Å². The van der Waals surface area contributed by atoms with E-state index in [0.717, 1.165) is 0 Å². The third kappa shape index (κ3) is 4.61. The molecule has 0 N–H and O–H groups in total. The lowest BCUT2D eigenvalue weighted by atomic mass is 9.99. The molecule has 1 nitrogen and oxygen atoms in total. The quantitative estimate of drug-likeness (QED) is 0.160. The van der Waals surface area contributed by atoms with Gasteiger partial charge < -0.3 is 4.57 Å². The van der Waals surface area contributed by atoms with Crippen LogP contribution >= 0.6 is 11.3 Å². The lowest BCUT2D eigenvalue weighted by Crippen LogP contribution is -2.49. The molecule has 250 valence electrons. The van der Waals surface area contributed by atoms with Gasteiger partial charge in [-0.05, 0) is 97.3 Å². The molecule has 0 atom stereocenters. The molecule has 0 bridgehead atoms. The minimum absolute atomic E-state index is 1.23. The number of fused-ring (bicyclic) bond motifs is 9. The summed E-state index contributed by atoms with van der Waals surface area (Å²) in [6, 6.07) is 65.6. The first-order chi connectivity index (χ1) is 26.0. The third-order valence-electron chi connectivity index (χ3n) is 11.6. The summed E-state index contributed by atoms with van der Waals surface area (Å²) >= 11 is 1.91. The minimum atomic E-state index is -2.04. The number of nitrogens with zero attached hydrogens (tertiary/aromatic N) is 1. The van der Waals surface area contributed by atoms with Gasteiger partial charge in [-0.1, -0.05) is 147 Å². The van der Waals surface area contributed by atoms with E-state index in [1.165, 1.54) is 103 Å². The van der Waals surface area contributed by atoms with Crippen LogP contribution in [0.2, 0.25) is 13.1 Å². The van der Waals surface area contributed by atoms with E-state index in [2.05, 4.69) is 194 Å². The Morgan fingerprint density at radius 3 is 1.64 bits per heavy atom. The van der Waals surface area contributed by atoms with Crippen molar-refractivity contribution in [2.24, 2.45) is 0 Å². The molecule has 0 spiro atoms. The van der Waals surface area contributed by atoms with E-state index in [1.54, 1.807) is 0 Å². The predicted molar refractivity (Wildman–Crippen MR) is 232 cm³/mol. The zero-order chi connectivity index (χ0) is 35.3. The summed E-state index contributed by atoms with van der Waals surface area (Å²) < 4.78 is 5.22. The molecule has 10 aromatic rings. The number of aromatic nitrogens is 1. The topological polar surface area (TPSA) is 4.93 Å². The lowest BCUT2D eigenvalue weighted by Gasteiger charge is -2.20. The van der Waals surface area contributed by atoms with E-state index in [9.17, 15) is 0 Å². The van der Waals surface area contributed by atoms with E-state index in [4.69, 9.17) is 0 Å². The van der Waals surface area contributed by atoms with Crippen molar-refractivity contribution >= 4 is 71.8 Å². The maximum absolute atomic E-state index is 2.54. The molecule has 0 amide bonds. The van der Waals surface area contributed by atoms with E-state index in [0.29, 0.717) is 0 Å². The van der Waals surface area contributed by atoms with Crippen LogP contribution < -0.4 is 10.4 Å². The summed E-state index contributed by atoms with van der Waals surface area (Å²) in [6.45, 7) is 5.07. The number of hydrogen-bond acceptors (Lipinski definition) is 1. The molecule has 0 saturated heterocycles. The van der Waals surface area contributed by atoms with Gasteiger partial charge in [0, 0.05) is 36.6 Å². The second-order valence-electron chi connectivity index (χ2n) is 14.9. The van der Waals surface area contributed by atoms with Crippen molar-refractivity contribution in [2.75, 3.05) is 0 Å². The van der Waals surface area contributed by atoms with E-state index in [-0.39, 0.29) is 0 Å². The monoisotopic (exact) mass is 709 g/mol. The van der Waals surface area contributed by atoms with Crippen LogP contribution in [0.5, 0.6) is 0 Å². The van der Waals surface area contributed by atoms with Crippen molar-refractivity contribution in [2.45, 2.75) is 13.1 Å². The van der Waals surface area contributed by atoms with Crippen LogP contribution in [-0.2, 0) is 0 Å². The summed E-state index contributed by atoms with van der Waals surface area (Å²) in [4.78, 5) is 0. The molecule has 11 rings (SSSR count). The van der Waals surface area contributed by atoms with Crippen LogP contribution in [0.3, 0.4) is 0 Å². The normalized spacial score (nSPS) is 13.2. The molecular weight excluding hydrogens is 675 g/mol. The summed E-state index contributed by atoms with van der Waals surface area (Å²) in [5.41, 5.74) is 14.1. The molecule has 0 fully saturated rings. The average molecular weight is 710 g/mol. The average Bonchev–Trinajstić information content (AvgIpc) is 3.83. The molecule has 1 aliphatic heterocycles. The summed E-state index contributed by atoms with van der Waals surface area (Å²) in [7, 11) is -2.04. The van der Waals surface area contributed by atoms with Crippen molar-refractivity contribution < 1.29 is 0 Å². The van der Waals surface area contributed by atoms with Gasteiger partial charge in [0.1, 0.15) is 8.07 Å². The van der Waals surface area contributed by atoms with Crippen LogP contribution in [0.4, 0.5) is 0 Å². The highest BCUT2D eigenvalue weighted by atomic mass is 32.1. The minimum Gasteiger partial charge on any atom is -0.309 e. The van der Waals surface area contributed by atoms with Crippen molar-refractivity contribution in [3.8, 4) is 50.2 Å². The molecule has 0 radical (unpaired) electrons. The highest BCUT2D eigenvalue weighted by Crippen LogP contribution is 2.42. The van der Waals surface area contributed by atoms with Crippen molar-refractivity contribution in [3.63, 3.8) is 0 Å². The van der Waals surface area contributed by atoms with E-state index >= 15 is 0 Å². The van der Waals surface area contributed by atoms with Crippen molar-refractivity contribution in [1.29, 1.82) is 0 Å². The number of benzene rings is 8. The second kappa shape index (κ2) is 11.5. The fourth-order valence-corrected chi connectivity index (χ4v) is 13.3. The number of thiophene rings is 1. The first kappa shape index (κ1) is 30.6. The van der Waals surface area contributed by atoms with Gasteiger partial charge in [-0.15, -0.1) is 11.3 Å². The van der Waals surface area contributed by atoms with Gasteiger partial charge in [-0.3, -0.25) is 0 Å². The van der Waals surface area contributed by atoms with E-state index < -0.39 is 8.07 Å². The Labute approximate surface area is 314 Å². The Morgan fingerprint density at radius 2 is 0.962 bits per heavy atom. The zero-order valence-electron chi connectivity index (χ0n) is 29.6. The van der Waals surface area contributed by atoms with E-state index in [1.807, 2.05) is 11.3 Å². The Balaban J connectivity index is 1.07. The molecule has 8 aromatic carbocycles. The zero-order valence-corrected chi connectivity index (χ0v) is 31.4. The van der Waals surface area contributed by atoms with Crippen LogP contribution in [0, 0.1) is 0 Å². The predicted octanol–water partition coefficient (Wildman–Crippen LogP) is 13.0. The lowest BCUT2D eigenvalue weighted by molar-refractivity contribution is 1.18. The SMILES string of the molecule is C[Si]1(C)c2cc(-c3cccc4c3sc3ccccc34)ccc2-c2ccc(-n3c4ccc(-c5ccccc5)cc4c4cc(-c5ccccc5)ccc43)cc21. The molecule has 3 heterocycles. The molecule has 1 aliphatic rings. The standard InChI is InChI=1S/C50H35NSSi/c1-53(2)48-30-36(38-17-11-18-42-39-16-9-10-19-47(39)52-50(38)42)20-24-40(48)41-25-23-37(31-49(41)53)51-45-26-21-34(32-12-5-3-6-13-32)28-43(45)44-29-35(22-27-46(44)51)33-14-7-4-8-15-33/h3-31H,1-2H3. The molecule has 0 unspecified atom stereocenters. The highest BCUT2D eigenvalue weighted by Gasteiger charge is 2.38. The van der Waals surface area contributed by atoms with Gasteiger partial charge >= 0.3 is 0 Å². The fraction of sp³-hybridized carbons (Fsp3) is 0.0400. The number of rotatable bonds is 4. The first-order valence-electron chi connectivity index (χ1n) is 18.4. The fourth-order valence-electron chi connectivity index (χ4n) is 8.93. The van der Waals surface area contributed by atoms with Crippen molar-refractivity contribution in [1.82, 2.24) is 4.57 Å². The Kier molecular flexibility index (Phi) is 6.64. The molecule has 3 heteroatoms. The van der Waals surface area contributed by atoms with Gasteiger partial charge in [0.2, 0.25) is 0 Å². The Hall–Kier alpha value is -6.00. The summed E-state index contributed by atoms with van der Waals surface area (Å²) in [6.07, 6.45) is 0. The van der Waals surface area contributed by atoms with Crippen LogP contribution in [0.25, 0.3) is 92.2 Å².